The first-order chi connectivity index (χ1) is 12.6. The molecule has 1 aromatic carbocycles. The van der Waals surface area contributed by atoms with Crippen LogP contribution in [-0.4, -0.2) is 48.9 Å². The molecule has 0 bridgehead atoms. The molecular weight excluding hydrogens is 328 g/mol. The lowest BCUT2D eigenvalue weighted by Crippen LogP contribution is -2.28. The first-order valence-electron chi connectivity index (χ1n) is 8.48. The van der Waals surface area contributed by atoms with Crippen LogP contribution in [0.15, 0.2) is 54.7 Å². The molecule has 6 nitrogen and oxygen atoms in total. The quantitative estimate of drug-likeness (QED) is 0.565. The summed E-state index contributed by atoms with van der Waals surface area (Å²) in [7, 11) is 3.98. The lowest BCUT2D eigenvalue weighted by Gasteiger charge is -2.12. The number of hydrogen-bond donors (Lipinski definition) is 2. The zero-order chi connectivity index (χ0) is 18.8. The van der Waals surface area contributed by atoms with E-state index < -0.39 is 0 Å². The number of nitrogens with one attached hydrogen (secondary N) is 2. The molecule has 0 saturated heterocycles. The van der Waals surface area contributed by atoms with E-state index in [0.29, 0.717) is 23.5 Å². The first kappa shape index (κ1) is 19.3. The van der Waals surface area contributed by atoms with Crippen LogP contribution in [0.25, 0.3) is 6.08 Å². The minimum atomic E-state index is -0.316. The van der Waals surface area contributed by atoms with Crippen LogP contribution in [0.1, 0.15) is 22.5 Å². The van der Waals surface area contributed by atoms with Crippen LogP contribution >= 0.6 is 0 Å². The Hall–Kier alpha value is -2.99. The summed E-state index contributed by atoms with van der Waals surface area (Å²) < 4.78 is 0. The summed E-state index contributed by atoms with van der Waals surface area (Å²) in [4.78, 5) is 30.7. The predicted octanol–water partition coefficient (Wildman–Crippen LogP) is 2.42. The molecule has 0 aliphatic rings. The highest BCUT2D eigenvalue weighted by Crippen LogP contribution is 2.15. The highest BCUT2D eigenvalue weighted by Gasteiger charge is 2.11. The normalized spacial score (nSPS) is 10.9. The number of nitrogens with zero attached hydrogens (tertiary/aromatic N) is 2. The number of pyridine rings is 1. The Labute approximate surface area is 153 Å². The maximum absolute atomic E-state index is 12.4. The van der Waals surface area contributed by atoms with Gasteiger partial charge in [-0.2, -0.15) is 0 Å². The van der Waals surface area contributed by atoms with E-state index in [0.717, 1.165) is 13.0 Å². The predicted molar refractivity (Wildman–Crippen MR) is 104 cm³/mol. The van der Waals surface area contributed by atoms with Gasteiger partial charge in [0.15, 0.2) is 0 Å². The Morgan fingerprint density at radius 3 is 2.62 bits per heavy atom. The maximum atomic E-state index is 12.4. The summed E-state index contributed by atoms with van der Waals surface area (Å²) in [5.74, 6) is -0.517. The Bertz CT molecular complexity index is 757. The second-order valence-corrected chi connectivity index (χ2v) is 6.04. The lowest BCUT2D eigenvalue weighted by molar-refractivity contribution is -0.111. The summed E-state index contributed by atoms with van der Waals surface area (Å²) in [5.41, 5.74) is 1.61. The van der Waals surface area contributed by atoms with Crippen LogP contribution < -0.4 is 10.6 Å². The molecule has 0 aliphatic carbocycles. The van der Waals surface area contributed by atoms with E-state index in [-0.39, 0.29) is 11.8 Å². The third-order valence-electron chi connectivity index (χ3n) is 3.59. The third-order valence-corrected chi connectivity index (χ3v) is 3.59. The lowest BCUT2D eigenvalue weighted by atomic mass is 10.1. The van der Waals surface area contributed by atoms with E-state index in [9.17, 15) is 9.59 Å². The highest BCUT2D eigenvalue weighted by atomic mass is 16.2. The fourth-order valence-corrected chi connectivity index (χ4v) is 2.29. The van der Waals surface area contributed by atoms with Crippen molar-refractivity contribution in [1.29, 1.82) is 0 Å². The number of aromatic nitrogens is 1. The van der Waals surface area contributed by atoms with Gasteiger partial charge >= 0.3 is 0 Å². The summed E-state index contributed by atoms with van der Waals surface area (Å²) in [6.45, 7) is 1.48. The Morgan fingerprint density at radius 2 is 1.88 bits per heavy atom. The molecule has 2 rings (SSSR count). The average molecular weight is 352 g/mol. The fourth-order valence-electron chi connectivity index (χ4n) is 2.29. The number of benzene rings is 1. The van der Waals surface area contributed by atoms with Crippen molar-refractivity contribution >= 4 is 23.6 Å². The number of para-hydroxylation sites is 1. The van der Waals surface area contributed by atoms with Gasteiger partial charge in [-0.05, 0) is 57.4 Å². The molecule has 0 fully saturated rings. The number of rotatable bonds is 8. The van der Waals surface area contributed by atoms with Crippen molar-refractivity contribution in [1.82, 2.24) is 15.2 Å². The molecule has 0 spiro atoms. The van der Waals surface area contributed by atoms with Crippen LogP contribution in [0.4, 0.5) is 5.69 Å². The van der Waals surface area contributed by atoms with Crippen molar-refractivity contribution in [2.45, 2.75) is 6.42 Å². The van der Waals surface area contributed by atoms with E-state index in [4.69, 9.17) is 0 Å². The van der Waals surface area contributed by atoms with Gasteiger partial charge in [-0.3, -0.25) is 14.6 Å². The molecule has 0 unspecified atom stereocenters. The van der Waals surface area contributed by atoms with Gasteiger partial charge in [0.05, 0.1) is 16.9 Å². The Balaban J connectivity index is 1.96. The Morgan fingerprint density at radius 1 is 1.12 bits per heavy atom. The van der Waals surface area contributed by atoms with Gasteiger partial charge in [0, 0.05) is 18.8 Å². The molecule has 0 aliphatic heterocycles. The van der Waals surface area contributed by atoms with E-state index >= 15 is 0 Å². The van der Waals surface area contributed by atoms with Crippen molar-refractivity contribution in [3.8, 4) is 0 Å². The smallest absolute Gasteiger partial charge is 0.253 e. The topological polar surface area (TPSA) is 74.3 Å². The molecule has 1 aromatic heterocycles. The van der Waals surface area contributed by atoms with E-state index in [1.165, 1.54) is 6.08 Å². The molecule has 6 heteroatoms. The SMILES string of the molecule is CN(C)CCCNC(=O)c1ccccc1NC(=O)/C=C/c1ccccn1. The molecule has 2 amide bonds. The van der Waals surface area contributed by atoms with Gasteiger partial charge in [0.1, 0.15) is 0 Å². The van der Waals surface area contributed by atoms with Crippen LogP contribution in [-0.2, 0) is 4.79 Å². The summed E-state index contributed by atoms with van der Waals surface area (Å²) in [5, 5.41) is 5.63. The average Bonchev–Trinajstić information content (AvgIpc) is 2.64. The van der Waals surface area contributed by atoms with Crippen molar-refractivity contribution in [3.63, 3.8) is 0 Å². The standard InChI is InChI=1S/C20H24N4O2/c1-24(2)15-7-14-22-20(26)17-9-3-4-10-18(17)23-19(25)12-11-16-8-5-6-13-21-16/h3-6,8-13H,7,14-15H2,1-2H3,(H,22,26)(H,23,25)/b12-11+. The number of anilines is 1. The molecule has 0 radical (unpaired) electrons. The minimum Gasteiger partial charge on any atom is -0.352 e. The second kappa shape index (κ2) is 10.1. The largest absolute Gasteiger partial charge is 0.352 e. The van der Waals surface area contributed by atoms with Gasteiger partial charge in [-0.15, -0.1) is 0 Å². The maximum Gasteiger partial charge on any atom is 0.253 e. The zero-order valence-electron chi connectivity index (χ0n) is 15.1. The van der Waals surface area contributed by atoms with Gasteiger partial charge in [0.25, 0.3) is 5.91 Å². The van der Waals surface area contributed by atoms with E-state index in [1.54, 1.807) is 42.6 Å². The Kier molecular flexibility index (Phi) is 7.51. The molecule has 2 N–H and O–H groups in total. The van der Waals surface area contributed by atoms with Crippen LogP contribution in [0.3, 0.4) is 0 Å². The number of carbonyl (C=O) groups is 2. The van der Waals surface area contributed by atoms with Crippen molar-refractivity contribution in [3.05, 3.63) is 66.0 Å². The zero-order valence-corrected chi connectivity index (χ0v) is 15.1. The van der Waals surface area contributed by atoms with Crippen LogP contribution in [0, 0.1) is 0 Å². The van der Waals surface area contributed by atoms with Gasteiger partial charge < -0.3 is 15.5 Å². The number of amides is 2. The molecule has 1 heterocycles. The van der Waals surface area contributed by atoms with Gasteiger partial charge in [0.2, 0.25) is 5.91 Å². The molecule has 0 saturated carbocycles. The van der Waals surface area contributed by atoms with Crippen molar-refractivity contribution in [2.75, 3.05) is 32.5 Å². The molecular formula is C20H24N4O2. The van der Waals surface area contributed by atoms with Crippen LogP contribution in [0.2, 0.25) is 0 Å². The minimum absolute atomic E-state index is 0.201. The van der Waals surface area contributed by atoms with Gasteiger partial charge in [-0.1, -0.05) is 18.2 Å². The van der Waals surface area contributed by atoms with E-state index in [2.05, 4.69) is 20.5 Å². The molecule has 26 heavy (non-hydrogen) atoms. The van der Waals surface area contributed by atoms with Gasteiger partial charge in [-0.25, -0.2) is 0 Å². The molecule has 136 valence electrons. The second-order valence-electron chi connectivity index (χ2n) is 6.04. The van der Waals surface area contributed by atoms with Crippen LogP contribution in [0.5, 0.6) is 0 Å². The molecule has 2 aromatic rings. The van der Waals surface area contributed by atoms with E-state index in [1.807, 2.05) is 26.2 Å². The first-order valence-corrected chi connectivity index (χ1v) is 8.48. The number of carbonyl (C=O) groups excluding carboxylic acids is 2. The summed E-state index contributed by atoms with van der Waals surface area (Å²) in [6.07, 6.45) is 5.54. The fraction of sp³-hybridized carbons (Fsp3) is 0.250. The van der Waals surface area contributed by atoms with Crippen molar-refractivity contribution in [2.24, 2.45) is 0 Å². The molecule has 0 atom stereocenters. The van der Waals surface area contributed by atoms with Crippen molar-refractivity contribution < 1.29 is 9.59 Å². The highest BCUT2D eigenvalue weighted by molar-refractivity contribution is 6.07. The third kappa shape index (κ3) is 6.49. The summed E-state index contributed by atoms with van der Waals surface area (Å²) >= 11 is 0. The summed E-state index contributed by atoms with van der Waals surface area (Å²) in [6, 6.07) is 12.4. The monoisotopic (exact) mass is 352 g/mol. The number of hydrogen-bond acceptors (Lipinski definition) is 4.